The van der Waals surface area contributed by atoms with Gasteiger partial charge in [0.25, 0.3) is 0 Å². The van der Waals surface area contributed by atoms with E-state index in [4.69, 9.17) is 4.74 Å². The van der Waals surface area contributed by atoms with E-state index in [0.29, 0.717) is 19.4 Å². The number of hydrogen-bond acceptors (Lipinski definition) is 4. The number of hydrogen-bond donors (Lipinski definition) is 0. The summed E-state index contributed by atoms with van der Waals surface area (Å²) in [5.41, 5.74) is 5.05. The van der Waals surface area contributed by atoms with E-state index >= 15 is 0 Å². The molecule has 0 amide bonds. The molecule has 0 saturated heterocycles. The van der Waals surface area contributed by atoms with E-state index in [-0.39, 0.29) is 11.7 Å². The molecule has 7 heteroatoms. The van der Waals surface area contributed by atoms with Crippen molar-refractivity contribution in [3.05, 3.63) is 89.9 Å². The standard InChI is InChI=1S/C27H26F2N2O3/c1-2-33-26(32)15-7-19-6-14-25-24(17-19)20(8-9-21-5-3-4-16-30-21)18-31(25)22-10-12-23(13-11-22)34-27(28)29/h3-6,10-14,16-18,27H,2,7-9,15H2,1H3. The third-order valence-corrected chi connectivity index (χ3v) is 5.59. The molecule has 0 fully saturated rings. The van der Waals surface area contributed by atoms with Crippen LogP contribution in [0.2, 0.25) is 0 Å². The maximum Gasteiger partial charge on any atom is 0.387 e. The van der Waals surface area contributed by atoms with Gasteiger partial charge in [-0.25, -0.2) is 0 Å². The Balaban J connectivity index is 1.65. The van der Waals surface area contributed by atoms with E-state index in [2.05, 4.69) is 22.0 Å². The molecule has 2 aromatic heterocycles. The Morgan fingerprint density at radius 3 is 2.56 bits per heavy atom. The minimum atomic E-state index is -2.86. The molecule has 0 N–H and O–H groups in total. The van der Waals surface area contributed by atoms with E-state index in [1.54, 1.807) is 25.3 Å². The van der Waals surface area contributed by atoms with E-state index in [1.165, 1.54) is 12.1 Å². The Morgan fingerprint density at radius 1 is 1.03 bits per heavy atom. The van der Waals surface area contributed by atoms with Crippen molar-refractivity contribution in [3.63, 3.8) is 0 Å². The number of nitrogens with zero attached hydrogens (tertiary/aromatic N) is 2. The predicted octanol–water partition coefficient (Wildman–Crippen LogP) is 5.91. The van der Waals surface area contributed by atoms with Crippen LogP contribution in [0.25, 0.3) is 16.6 Å². The summed E-state index contributed by atoms with van der Waals surface area (Å²) in [6, 6.07) is 18.6. The minimum Gasteiger partial charge on any atom is -0.466 e. The molecule has 5 nitrogen and oxygen atoms in total. The highest BCUT2D eigenvalue weighted by molar-refractivity contribution is 5.86. The fourth-order valence-corrected chi connectivity index (χ4v) is 3.99. The molecule has 0 aliphatic carbocycles. The van der Waals surface area contributed by atoms with Crippen LogP contribution in [-0.2, 0) is 28.8 Å². The first-order chi connectivity index (χ1) is 16.5. The normalized spacial score (nSPS) is 11.2. The van der Waals surface area contributed by atoms with Gasteiger partial charge in [-0.2, -0.15) is 8.78 Å². The van der Waals surface area contributed by atoms with Gasteiger partial charge in [0.2, 0.25) is 0 Å². The number of carbonyl (C=O) groups excluding carboxylic acids is 1. The summed E-state index contributed by atoms with van der Waals surface area (Å²) in [6.45, 7) is -0.684. The molecule has 4 aromatic rings. The molecule has 2 heterocycles. The quantitative estimate of drug-likeness (QED) is 0.274. The van der Waals surface area contributed by atoms with Gasteiger partial charge in [-0.05, 0) is 85.8 Å². The van der Waals surface area contributed by atoms with Gasteiger partial charge in [0, 0.05) is 35.6 Å². The van der Waals surface area contributed by atoms with Gasteiger partial charge in [-0.3, -0.25) is 9.78 Å². The van der Waals surface area contributed by atoms with E-state index in [0.717, 1.165) is 46.3 Å². The number of esters is 1. The summed E-state index contributed by atoms with van der Waals surface area (Å²) in [5.74, 6) is -0.0894. The van der Waals surface area contributed by atoms with Crippen molar-refractivity contribution >= 4 is 16.9 Å². The summed E-state index contributed by atoms with van der Waals surface area (Å²) < 4.78 is 36.6. The van der Waals surface area contributed by atoms with Crippen LogP contribution in [0.15, 0.2) is 73.1 Å². The molecule has 176 valence electrons. The number of aryl methyl sites for hydroxylation is 3. The molecular formula is C27H26F2N2O3. The third kappa shape index (κ3) is 5.78. The van der Waals surface area contributed by atoms with Crippen molar-refractivity contribution < 1.29 is 23.0 Å². The zero-order valence-electron chi connectivity index (χ0n) is 18.9. The second kappa shape index (κ2) is 10.9. The molecule has 0 saturated carbocycles. The molecule has 0 bridgehead atoms. The summed E-state index contributed by atoms with van der Waals surface area (Å²) in [6.07, 6.45) is 6.36. The number of halogens is 2. The Labute approximate surface area is 197 Å². The molecule has 0 spiro atoms. The zero-order valence-corrected chi connectivity index (χ0v) is 18.9. The van der Waals surface area contributed by atoms with Crippen molar-refractivity contribution in [3.8, 4) is 11.4 Å². The molecule has 2 aromatic carbocycles. The van der Waals surface area contributed by atoms with Crippen molar-refractivity contribution in [1.29, 1.82) is 0 Å². The van der Waals surface area contributed by atoms with Gasteiger partial charge < -0.3 is 14.0 Å². The Hall–Kier alpha value is -3.74. The second-order valence-corrected chi connectivity index (χ2v) is 7.87. The first-order valence-corrected chi connectivity index (χ1v) is 11.3. The Kier molecular flexibility index (Phi) is 7.52. The van der Waals surface area contributed by atoms with Crippen LogP contribution < -0.4 is 4.74 Å². The van der Waals surface area contributed by atoms with Gasteiger partial charge in [0.1, 0.15) is 5.75 Å². The lowest BCUT2D eigenvalue weighted by atomic mass is 10.0. The number of ether oxygens (including phenoxy) is 2. The van der Waals surface area contributed by atoms with Crippen LogP contribution in [0, 0.1) is 0 Å². The monoisotopic (exact) mass is 464 g/mol. The molecule has 0 aliphatic heterocycles. The SMILES string of the molecule is CCOC(=O)CCc1ccc2c(c1)c(CCc1ccccn1)cn2-c1ccc(OC(F)F)cc1. The Bertz CT molecular complexity index is 1240. The van der Waals surface area contributed by atoms with Crippen LogP contribution in [0.5, 0.6) is 5.75 Å². The van der Waals surface area contributed by atoms with E-state index < -0.39 is 6.61 Å². The average molecular weight is 465 g/mol. The maximum absolute atomic E-state index is 12.5. The lowest BCUT2D eigenvalue weighted by molar-refractivity contribution is -0.143. The van der Waals surface area contributed by atoms with Gasteiger partial charge in [-0.15, -0.1) is 0 Å². The molecule has 34 heavy (non-hydrogen) atoms. The van der Waals surface area contributed by atoms with Crippen LogP contribution in [0.4, 0.5) is 8.78 Å². The Morgan fingerprint density at radius 2 is 1.85 bits per heavy atom. The summed E-state index contributed by atoms with van der Waals surface area (Å²) in [7, 11) is 0. The summed E-state index contributed by atoms with van der Waals surface area (Å²) >= 11 is 0. The number of benzene rings is 2. The second-order valence-electron chi connectivity index (χ2n) is 7.87. The fourth-order valence-electron chi connectivity index (χ4n) is 3.99. The van der Waals surface area contributed by atoms with Crippen molar-refractivity contribution in [2.24, 2.45) is 0 Å². The minimum absolute atomic E-state index is 0.117. The first kappa shape index (κ1) is 23.4. The number of fused-ring (bicyclic) bond motifs is 1. The number of alkyl halides is 2. The summed E-state index contributed by atoms with van der Waals surface area (Å²) in [4.78, 5) is 16.2. The van der Waals surface area contributed by atoms with Crippen LogP contribution in [0.3, 0.4) is 0 Å². The fraction of sp³-hybridized carbons (Fsp3) is 0.259. The largest absolute Gasteiger partial charge is 0.466 e. The van der Waals surface area contributed by atoms with Crippen LogP contribution in [0.1, 0.15) is 30.2 Å². The lowest BCUT2D eigenvalue weighted by Crippen LogP contribution is -2.05. The van der Waals surface area contributed by atoms with Crippen molar-refractivity contribution in [2.75, 3.05) is 6.61 Å². The molecule has 0 aliphatic rings. The smallest absolute Gasteiger partial charge is 0.387 e. The number of rotatable bonds is 10. The molecule has 0 unspecified atom stereocenters. The maximum atomic E-state index is 12.5. The number of aromatic nitrogens is 2. The topological polar surface area (TPSA) is 53.3 Å². The molecule has 0 radical (unpaired) electrons. The first-order valence-electron chi connectivity index (χ1n) is 11.3. The molecular weight excluding hydrogens is 438 g/mol. The highest BCUT2D eigenvalue weighted by atomic mass is 19.3. The van der Waals surface area contributed by atoms with Gasteiger partial charge in [0.15, 0.2) is 0 Å². The third-order valence-electron chi connectivity index (χ3n) is 5.59. The highest BCUT2D eigenvalue weighted by Crippen LogP contribution is 2.29. The number of pyridine rings is 1. The average Bonchev–Trinajstić information content (AvgIpc) is 3.20. The summed E-state index contributed by atoms with van der Waals surface area (Å²) in [5, 5.41) is 1.09. The lowest BCUT2D eigenvalue weighted by Gasteiger charge is -2.09. The number of carbonyl (C=O) groups is 1. The van der Waals surface area contributed by atoms with Crippen molar-refractivity contribution in [2.45, 2.75) is 39.2 Å². The highest BCUT2D eigenvalue weighted by Gasteiger charge is 2.13. The van der Waals surface area contributed by atoms with Gasteiger partial charge in [-0.1, -0.05) is 12.1 Å². The van der Waals surface area contributed by atoms with E-state index in [9.17, 15) is 13.6 Å². The van der Waals surface area contributed by atoms with Gasteiger partial charge in [0.05, 0.1) is 12.1 Å². The zero-order chi connectivity index (χ0) is 23.9. The van der Waals surface area contributed by atoms with Gasteiger partial charge >= 0.3 is 12.6 Å². The van der Waals surface area contributed by atoms with Crippen LogP contribution >= 0.6 is 0 Å². The van der Waals surface area contributed by atoms with E-state index in [1.807, 2.05) is 34.9 Å². The van der Waals surface area contributed by atoms with Crippen LogP contribution in [-0.4, -0.2) is 28.7 Å². The predicted molar refractivity (Wildman–Crippen MR) is 127 cm³/mol. The van der Waals surface area contributed by atoms with Crippen molar-refractivity contribution in [1.82, 2.24) is 9.55 Å². The molecule has 0 atom stereocenters. The molecule has 4 rings (SSSR count).